The van der Waals surface area contributed by atoms with Crippen LogP contribution in [0.15, 0.2) is 54.2 Å². The molecule has 5 N–H and O–H groups in total. The summed E-state index contributed by atoms with van der Waals surface area (Å²) in [6.45, 7) is 0.577. The van der Waals surface area contributed by atoms with E-state index in [0.29, 0.717) is 12.4 Å². The van der Waals surface area contributed by atoms with Crippen LogP contribution >= 0.6 is 0 Å². The third-order valence-corrected chi connectivity index (χ3v) is 3.09. The number of carbonyl (C=O) groups is 2. The number of carboxylic acids is 2. The molecule has 0 atom stereocenters. The summed E-state index contributed by atoms with van der Waals surface area (Å²) in [7, 11) is 0. The molecule has 0 fully saturated rings. The third kappa shape index (κ3) is 4.07. The highest BCUT2D eigenvalue weighted by atomic mass is 16.4. The maximum Gasteiger partial charge on any atom is 0.345 e. The zero-order chi connectivity index (χ0) is 16.8. The average molecular weight is 313 g/mol. The lowest BCUT2D eigenvalue weighted by atomic mass is 10.1. The summed E-state index contributed by atoms with van der Waals surface area (Å²) >= 11 is 0. The average Bonchev–Trinajstić information content (AvgIpc) is 2.53. The van der Waals surface area contributed by atoms with Crippen LogP contribution in [0.5, 0.6) is 0 Å². The second kappa shape index (κ2) is 7.08. The number of aliphatic carboxylic acids is 2. The highest BCUT2D eigenvalue weighted by molar-refractivity contribution is 6.18. The maximum absolute atomic E-state index is 10.9. The Bertz CT molecular complexity index is 724. The summed E-state index contributed by atoms with van der Waals surface area (Å²) in [5.41, 5.74) is 5.71. The molecule has 1 heterocycles. The van der Waals surface area contributed by atoms with E-state index in [1.807, 2.05) is 30.3 Å². The number of nitrogens with one attached hydrogen (secondary N) is 1. The number of benzene rings is 1. The summed E-state index contributed by atoms with van der Waals surface area (Å²) in [5.74, 6) is -2.62. The normalized spacial score (nSPS) is 9.91. The zero-order valence-electron chi connectivity index (χ0n) is 12.1. The van der Waals surface area contributed by atoms with Gasteiger partial charge in [-0.1, -0.05) is 30.3 Å². The first-order chi connectivity index (χ1) is 11.0. The van der Waals surface area contributed by atoms with Crippen LogP contribution in [0.1, 0.15) is 11.1 Å². The Morgan fingerprint density at radius 1 is 1.04 bits per heavy atom. The van der Waals surface area contributed by atoms with Crippen molar-refractivity contribution in [3.05, 3.63) is 65.4 Å². The molecule has 7 heteroatoms. The third-order valence-electron chi connectivity index (χ3n) is 3.09. The summed E-state index contributed by atoms with van der Waals surface area (Å²) in [4.78, 5) is 26.0. The molecule has 118 valence electrons. The molecule has 7 nitrogen and oxygen atoms in total. The van der Waals surface area contributed by atoms with Crippen LogP contribution < -0.4 is 11.1 Å². The Kier molecular flexibility index (Phi) is 4.93. The monoisotopic (exact) mass is 313 g/mol. The Balaban J connectivity index is 2.14. The van der Waals surface area contributed by atoms with Crippen LogP contribution in [-0.2, 0) is 16.1 Å². The predicted molar refractivity (Wildman–Crippen MR) is 84.4 cm³/mol. The highest BCUT2D eigenvalue weighted by Gasteiger charge is 2.21. The van der Waals surface area contributed by atoms with Gasteiger partial charge in [0, 0.05) is 18.3 Å². The molecular weight excluding hydrogens is 298 g/mol. The van der Waals surface area contributed by atoms with Crippen molar-refractivity contribution < 1.29 is 19.8 Å². The van der Waals surface area contributed by atoms with E-state index in [1.54, 1.807) is 6.07 Å². The van der Waals surface area contributed by atoms with Crippen LogP contribution in [0.2, 0.25) is 0 Å². The van der Waals surface area contributed by atoms with Gasteiger partial charge in [0.2, 0.25) is 0 Å². The van der Waals surface area contributed by atoms with E-state index >= 15 is 0 Å². The SMILES string of the molecule is NC(=C(C(=O)O)C(=O)O)c1ccc(NCc2ccccc2)nc1. The molecular formula is C16H15N3O4. The van der Waals surface area contributed by atoms with Gasteiger partial charge >= 0.3 is 11.9 Å². The van der Waals surface area contributed by atoms with E-state index in [2.05, 4.69) is 10.3 Å². The number of anilines is 1. The molecule has 0 saturated carbocycles. The van der Waals surface area contributed by atoms with E-state index < -0.39 is 17.5 Å². The van der Waals surface area contributed by atoms with E-state index in [0.717, 1.165) is 5.56 Å². The molecule has 0 unspecified atom stereocenters. The number of hydrogen-bond acceptors (Lipinski definition) is 5. The zero-order valence-corrected chi connectivity index (χ0v) is 12.1. The number of pyridine rings is 1. The van der Waals surface area contributed by atoms with Crippen molar-refractivity contribution in [1.82, 2.24) is 4.98 Å². The second-order valence-electron chi connectivity index (χ2n) is 4.67. The van der Waals surface area contributed by atoms with Crippen molar-refractivity contribution in [2.45, 2.75) is 6.54 Å². The Morgan fingerprint density at radius 3 is 2.22 bits per heavy atom. The molecule has 1 aromatic heterocycles. The minimum atomic E-state index is -1.60. The van der Waals surface area contributed by atoms with Crippen LogP contribution in [0, 0.1) is 0 Å². The van der Waals surface area contributed by atoms with E-state index in [4.69, 9.17) is 15.9 Å². The Hall–Kier alpha value is -3.35. The summed E-state index contributed by atoms with van der Waals surface area (Å²) in [6.07, 6.45) is 1.33. The summed E-state index contributed by atoms with van der Waals surface area (Å²) < 4.78 is 0. The van der Waals surface area contributed by atoms with Gasteiger partial charge in [0.1, 0.15) is 5.82 Å². The number of nitrogens with two attached hydrogens (primary N) is 1. The number of nitrogens with zero attached hydrogens (tertiary/aromatic N) is 1. The van der Waals surface area contributed by atoms with Gasteiger partial charge in [-0.3, -0.25) is 0 Å². The smallest absolute Gasteiger partial charge is 0.345 e. The first-order valence-electron chi connectivity index (χ1n) is 6.69. The highest BCUT2D eigenvalue weighted by Crippen LogP contribution is 2.15. The molecule has 0 amide bonds. The van der Waals surface area contributed by atoms with Gasteiger partial charge < -0.3 is 21.3 Å². The fourth-order valence-electron chi connectivity index (χ4n) is 1.91. The van der Waals surface area contributed by atoms with Crippen LogP contribution in [0.4, 0.5) is 5.82 Å². The predicted octanol–water partition coefficient (Wildman–Crippen LogP) is 1.53. The van der Waals surface area contributed by atoms with Gasteiger partial charge in [-0.25, -0.2) is 14.6 Å². The number of rotatable bonds is 6. The van der Waals surface area contributed by atoms with Crippen molar-refractivity contribution in [2.24, 2.45) is 5.73 Å². The first-order valence-corrected chi connectivity index (χ1v) is 6.69. The van der Waals surface area contributed by atoms with Crippen molar-refractivity contribution in [2.75, 3.05) is 5.32 Å². The lowest BCUT2D eigenvalue weighted by molar-refractivity contribution is -0.140. The fraction of sp³-hybridized carbons (Fsp3) is 0.0625. The lowest BCUT2D eigenvalue weighted by Crippen LogP contribution is -2.17. The van der Waals surface area contributed by atoms with Crippen LogP contribution in [-0.4, -0.2) is 27.1 Å². The van der Waals surface area contributed by atoms with Crippen molar-refractivity contribution in [3.63, 3.8) is 0 Å². The molecule has 0 aliphatic rings. The van der Waals surface area contributed by atoms with E-state index in [9.17, 15) is 9.59 Å². The fourth-order valence-corrected chi connectivity index (χ4v) is 1.91. The lowest BCUT2D eigenvalue weighted by Gasteiger charge is -2.08. The molecule has 0 saturated heterocycles. The van der Waals surface area contributed by atoms with E-state index in [-0.39, 0.29) is 11.3 Å². The molecule has 0 aliphatic carbocycles. The molecule has 1 aromatic carbocycles. The molecule has 0 bridgehead atoms. The van der Waals surface area contributed by atoms with Crippen LogP contribution in [0.25, 0.3) is 5.70 Å². The first kappa shape index (κ1) is 16.0. The van der Waals surface area contributed by atoms with Crippen molar-refractivity contribution >= 4 is 23.5 Å². The van der Waals surface area contributed by atoms with Gasteiger partial charge in [0.25, 0.3) is 0 Å². The molecule has 0 spiro atoms. The molecule has 23 heavy (non-hydrogen) atoms. The summed E-state index contributed by atoms with van der Waals surface area (Å²) in [6, 6.07) is 12.8. The largest absolute Gasteiger partial charge is 0.477 e. The van der Waals surface area contributed by atoms with Gasteiger partial charge in [0.05, 0.1) is 5.70 Å². The Labute approximate surface area is 132 Å². The maximum atomic E-state index is 10.9. The number of aromatic nitrogens is 1. The minimum Gasteiger partial charge on any atom is -0.477 e. The van der Waals surface area contributed by atoms with Gasteiger partial charge in [-0.05, 0) is 17.7 Å². The molecule has 2 aromatic rings. The quantitative estimate of drug-likeness (QED) is 0.362. The van der Waals surface area contributed by atoms with Gasteiger partial charge in [-0.2, -0.15) is 0 Å². The summed E-state index contributed by atoms with van der Waals surface area (Å²) in [5, 5.41) is 20.9. The molecule has 0 aliphatic heterocycles. The molecule has 0 radical (unpaired) electrons. The van der Waals surface area contributed by atoms with E-state index in [1.165, 1.54) is 12.3 Å². The topological polar surface area (TPSA) is 126 Å². The van der Waals surface area contributed by atoms with Crippen molar-refractivity contribution in [1.29, 1.82) is 0 Å². The van der Waals surface area contributed by atoms with Gasteiger partial charge in [-0.15, -0.1) is 0 Å². The minimum absolute atomic E-state index is 0.232. The standard InChI is InChI=1S/C16H15N3O4/c17-14(13(15(20)21)16(22)23)11-6-7-12(19-9-11)18-8-10-4-2-1-3-5-10/h1-7,9H,8,17H2,(H,18,19)(H,20,21)(H,22,23). The Morgan fingerprint density at radius 2 is 1.70 bits per heavy atom. The van der Waals surface area contributed by atoms with Crippen LogP contribution in [0.3, 0.4) is 0 Å². The van der Waals surface area contributed by atoms with Crippen molar-refractivity contribution in [3.8, 4) is 0 Å². The molecule has 2 rings (SSSR count). The van der Waals surface area contributed by atoms with Gasteiger partial charge in [0.15, 0.2) is 5.57 Å². The second-order valence-corrected chi connectivity index (χ2v) is 4.67. The number of carboxylic acid groups (broad SMARTS) is 2. The number of hydrogen-bond donors (Lipinski definition) is 4.